The van der Waals surface area contributed by atoms with Gasteiger partial charge >= 0.3 is 0 Å². The van der Waals surface area contributed by atoms with Crippen LogP contribution in [0, 0.1) is 5.92 Å². The minimum Gasteiger partial charge on any atom is -0.379 e. The van der Waals surface area contributed by atoms with Crippen molar-refractivity contribution in [2.75, 3.05) is 49.6 Å². The van der Waals surface area contributed by atoms with Gasteiger partial charge in [-0.05, 0) is 67.4 Å². The highest BCUT2D eigenvalue weighted by atomic mass is 35.5. The third kappa shape index (κ3) is 5.28. The van der Waals surface area contributed by atoms with E-state index in [9.17, 15) is 13.2 Å². The first-order valence-electron chi connectivity index (χ1n) is 11.7. The molecule has 0 bridgehead atoms. The largest absolute Gasteiger partial charge is 0.379 e. The average molecular weight is 515 g/mol. The molecule has 2 saturated heterocycles. The smallest absolute Gasteiger partial charge is 0.243 e. The van der Waals surface area contributed by atoms with Crippen LogP contribution >= 0.6 is 11.6 Å². The molecule has 0 aliphatic carbocycles. The van der Waals surface area contributed by atoms with Gasteiger partial charge in [-0.2, -0.15) is 4.31 Å². The molecule has 2 aliphatic heterocycles. The van der Waals surface area contributed by atoms with E-state index in [1.54, 1.807) is 42.5 Å². The van der Waals surface area contributed by atoms with Crippen LogP contribution in [0.3, 0.4) is 0 Å². The number of pyridine rings is 1. The summed E-state index contributed by atoms with van der Waals surface area (Å²) in [7, 11) is -3.57. The van der Waals surface area contributed by atoms with Gasteiger partial charge in [0, 0.05) is 42.3 Å². The Balaban J connectivity index is 1.30. The quantitative estimate of drug-likeness (QED) is 0.557. The summed E-state index contributed by atoms with van der Waals surface area (Å²) in [6, 6.07) is 15.9. The van der Waals surface area contributed by atoms with E-state index in [2.05, 4.69) is 10.2 Å². The van der Waals surface area contributed by atoms with Crippen molar-refractivity contribution in [1.82, 2.24) is 9.29 Å². The maximum Gasteiger partial charge on any atom is 0.243 e. The van der Waals surface area contributed by atoms with E-state index >= 15 is 0 Å². The molecule has 0 saturated carbocycles. The Morgan fingerprint density at radius 2 is 1.80 bits per heavy atom. The number of nitrogens with zero attached hydrogens (tertiary/aromatic N) is 3. The van der Waals surface area contributed by atoms with Crippen molar-refractivity contribution in [3.8, 4) is 0 Å². The summed E-state index contributed by atoms with van der Waals surface area (Å²) in [5.41, 5.74) is 1.44. The number of fused-ring (bicyclic) bond motifs is 1. The van der Waals surface area contributed by atoms with Crippen molar-refractivity contribution in [3.05, 3.63) is 59.6 Å². The second-order valence-corrected chi connectivity index (χ2v) is 11.2. The zero-order chi connectivity index (χ0) is 24.4. The molecule has 10 heteroatoms. The molecule has 35 heavy (non-hydrogen) atoms. The number of hydrogen-bond donors (Lipinski definition) is 1. The van der Waals surface area contributed by atoms with Crippen molar-refractivity contribution in [1.29, 1.82) is 0 Å². The van der Waals surface area contributed by atoms with Crippen LogP contribution in [0.4, 0.5) is 11.5 Å². The predicted molar refractivity (Wildman–Crippen MR) is 136 cm³/mol. The summed E-state index contributed by atoms with van der Waals surface area (Å²) >= 11 is 5.93. The minimum absolute atomic E-state index is 0.0178. The number of rotatable bonds is 5. The maximum absolute atomic E-state index is 13.0. The Morgan fingerprint density at radius 1 is 1.03 bits per heavy atom. The number of aromatic nitrogens is 1. The molecule has 1 amide bonds. The van der Waals surface area contributed by atoms with Gasteiger partial charge in [0.25, 0.3) is 0 Å². The predicted octanol–water partition coefficient (Wildman–Crippen LogP) is 3.76. The van der Waals surface area contributed by atoms with Gasteiger partial charge in [-0.15, -0.1) is 0 Å². The highest BCUT2D eigenvalue weighted by molar-refractivity contribution is 7.89. The summed E-state index contributed by atoms with van der Waals surface area (Å²) in [6.07, 6.45) is 1.70. The Bertz CT molecular complexity index is 1330. The number of benzene rings is 2. The summed E-state index contributed by atoms with van der Waals surface area (Å²) in [5.74, 6) is 0.610. The van der Waals surface area contributed by atoms with Gasteiger partial charge < -0.3 is 15.0 Å². The number of carbonyl (C=O) groups excluding carboxylic acids is 1. The van der Waals surface area contributed by atoms with Crippen LogP contribution in [-0.2, 0) is 19.6 Å². The van der Waals surface area contributed by atoms with Gasteiger partial charge in [0.2, 0.25) is 15.9 Å². The molecule has 2 aromatic carbocycles. The van der Waals surface area contributed by atoms with Crippen LogP contribution < -0.4 is 10.2 Å². The lowest BCUT2D eigenvalue weighted by Crippen LogP contribution is -2.41. The van der Waals surface area contributed by atoms with E-state index in [0.29, 0.717) is 37.9 Å². The highest BCUT2D eigenvalue weighted by Gasteiger charge is 2.28. The van der Waals surface area contributed by atoms with Gasteiger partial charge in [0.1, 0.15) is 5.82 Å². The molecular formula is C25H27ClN4O4S. The number of anilines is 2. The topological polar surface area (TPSA) is 91.8 Å². The van der Waals surface area contributed by atoms with E-state index in [0.717, 1.165) is 41.8 Å². The number of halogens is 1. The number of hydrogen-bond acceptors (Lipinski definition) is 6. The third-order valence-corrected chi connectivity index (χ3v) is 8.63. The Kier molecular flexibility index (Phi) is 6.93. The SMILES string of the molecule is O=C(Nc1ccc(Cl)cc1)[C@@H]1CCCN(c2ccc3cc(S(=O)(=O)N4CCOCC4)ccc3n2)C1. The fourth-order valence-electron chi connectivity index (χ4n) is 4.54. The lowest BCUT2D eigenvalue weighted by Gasteiger charge is -2.33. The van der Waals surface area contributed by atoms with Crippen LogP contribution in [0.5, 0.6) is 0 Å². The normalized spacial score (nSPS) is 19.6. The molecule has 3 heterocycles. The molecule has 1 aromatic heterocycles. The first kappa shape index (κ1) is 24.0. The monoisotopic (exact) mass is 514 g/mol. The van der Waals surface area contributed by atoms with E-state index in [1.807, 2.05) is 12.1 Å². The molecular weight excluding hydrogens is 488 g/mol. The molecule has 3 aromatic rings. The average Bonchev–Trinajstić information content (AvgIpc) is 2.90. The number of amides is 1. The number of nitrogens with one attached hydrogen (secondary N) is 1. The Labute approximate surface area is 209 Å². The standard InChI is InChI=1S/C25H27ClN4O4S/c26-20-4-6-21(7-5-20)27-25(31)19-2-1-11-29(17-19)24-10-3-18-16-22(8-9-23(18)28-24)35(32,33)30-12-14-34-15-13-30/h3-10,16,19H,1-2,11-15,17H2,(H,27,31)/t19-/m1/s1. The lowest BCUT2D eigenvalue weighted by molar-refractivity contribution is -0.120. The number of morpholine rings is 1. The van der Waals surface area contributed by atoms with Crippen molar-refractivity contribution >= 4 is 49.9 Å². The second-order valence-electron chi connectivity index (χ2n) is 8.82. The molecule has 1 N–H and O–H groups in total. The summed E-state index contributed by atoms with van der Waals surface area (Å²) in [5, 5.41) is 4.36. The molecule has 5 rings (SSSR count). The van der Waals surface area contributed by atoms with Crippen molar-refractivity contribution < 1.29 is 17.9 Å². The number of ether oxygens (including phenoxy) is 1. The highest BCUT2D eigenvalue weighted by Crippen LogP contribution is 2.27. The molecule has 2 fully saturated rings. The Morgan fingerprint density at radius 3 is 2.57 bits per heavy atom. The molecule has 8 nitrogen and oxygen atoms in total. The summed E-state index contributed by atoms with van der Waals surface area (Å²) < 4.78 is 32.7. The maximum atomic E-state index is 13.0. The number of carbonyl (C=O) groups is 1. The van der Waals surface area contributed by atoms with Crippen LogP contribution in [0.2, 0.25) is 5.02 Å². The molecule has 0 spiro atoms. The fraction of sp³-hybridized carbons (Fsp3) is 0.360. The number of piperidine rings is 1. The first-order chi connectivity index (χ1) is 16.9. The van der Waals surface area contributed by atoms with Gasteiger partial charge in [0.15, 0.2) is 0 Å². The molecule has 0 unspecified atom stereocenters. The van der Waals surface area contributed by atoms with Crippen LogP contribution in [0.25, 0.3) is 10.9 Å². The van der Waals surface area contributed by atoms with Gasteiger partial charge in [0.05, 0.1) is 29.5 Å². The van der Waals surface area contributed by atoms with Crippen LogP contribution in [0.1, 0.15) is 12.8 Å². The van der Waals surface area contributed by atoms with Crippen molar-refractivity contribution in [3.63, 3.8) is 0 Å². The van der Waals surface area contributed by atoms with E-state index in [1.165, 1.54) is 4.31 Å². The summed E-state index contributed by atoms with van der Waals surface area (Å²) in [4.78, 5) is 20.0. The molecule has 2 aliphatic rings. The van der Waals surface area contributed by atoms with E-state index in [-0.39, 0.29) is 16.7 Å². The zero-order valence-electron chi connectivity index (χ0n) is 19.2. The van der Waals surface area contributed by atoms with Gasteiger partial charge in [-0.1, -0.05) is 11.6 Å². The summed E-state index contributed by atoms with van der Waals surface area (Å²) in [6.45, 7) is 2.92. The molecule has 1 atom stereocenters. The van der Waals surface area contributed by atoms with E-state index in [4.69, 9.17) is 21.3 Å². The molecule has 184 valence electrons. The fourth-order valence-corrected chi connectivity index (χ4v) is 6.11. The van der Waals surface area contributed by atoms with Crippen LogP contribution in [-0.4, -0.2) is 63.0 Å². The Hall–Kier alpha value is -2.72. The zero-order valence-corrected chi connectivity index (χ0v) is 20.8. The molecule has 0 radical (unpaired) electrons. The van der Waals surface area contributed by atoms with E-state index < -0.39 is 10.0 Å². The van der Waals surface area contributed by atoms with Gasteiger partial charge in [-0.25, -0.2) is 13.4 Å². The first-order valence-corrected chi connectivity index (χ1v) is 13.5. The second kappa shape index (κ2) is 10.1. The van der Waals surface area contributed by atoms with Crippen LogP contribution in [0.15, 0.2) is 59.5 Å². The van der Waals surface area contributed by atoms with Gasteiger partial charge in [-0.3, -0.25) is 4.79 Å². The minimum atomic E-state index is -3.57. The van der Waals surface area contributed by atoms with Crippen molar-refractivity contribution in [2.45, 2.75) is 17.7 Å². The number of sulfonamides is 1. The third-order valence-electron chi connectivity index (χ3n) is 6.48. The van der Waals surface area contributed by atoms with Crippen molar-refractivity contribution in [2.24, 2.45) is 5.92 Å². The lowest BCUT2D eigenvalue weighted by atomic mass is 9.97.